The Kier molecular flexibility index (Phi) is 3.47. The molecule has 2 rings (SSSR count). The zero-order valence-electron chi connectivity index (χ0n) is 9.54. The van der Waals surface area contributed by atoms with Gasteiger partial charge in [0.25, 0.3) is 5.56 Å². The Hall–Kier alpha value is -2.08. The molecule has 0 aliphatic heterocycles. The molecule has 1 aromatic heterocycles. The number of benzene rings is 1. The second-order valence-corrected chi connectivity index (χ2v) is 3.63. The van der Waals surface area contributed by atoms with E-state index in [9.17, 15) is 13.6 Å². The van der Waals surface area contributed by atoms with Gasteiger partial charge in [-0.15, -0.1) is 0 Å². The van der Waals surface area contributed by atoms with E-state index in [1.807, 2.05) is 0 Å². The number of methoxy groups -OCH3 is 1. The summed E-state index contributed by atoms with van der Waals surface area (Å²) in [6.45, 7) is 0.103. The number of rotatable bonds is 3. The fraction of sp³-hybridized carbons (Fsp3) is 0.167. The highest BCUT2D eigenvalue weighted by Crippen LogP contribution is 2.20. The molecule has 0 saturated heterocycles. The Morgan fingerprint density at radius 2 is 2.11 bits per heavy atom. The molecule has 1 heterocycles. The van der Waals surface area contributed by atoms with Crippen LogP contribution < -0.4 is 5.56 Å². The number of aromatic amines is 1. The highest BCUT2D eigenvalue weighted by molar-refractivity contribution is 5.59. The Bertz CT molecular complexity index is 626. The molecule has 0 atom stereocenters. The van der Waals surface area contributed by atoms with Gasteiger partial charge in [0.15, 0.2) is 0 Å². The van der Waals surface area contributed by atoms with Crippen molar-refractivity contribution in [3.05, 3.63) is 52.1 Å². The van der Waals surface area contributed by atoms with Gasteiger partial charge in [-0.1, -0.05) is 0 Å². The van der Waals surface area contributed by atoms with Crippen LogP contribution in [0.25, 0.3) is 11.3 Å². The number of hydrogen-bond acceptors (Lipinski definition) is 3. The van der Waals surface area contributed by atoms with Crippen molar-refractivity contribution in [2.24, 2.45) is 0 Å². The van der Waals surface area contributed by atoms with Crippen molar-refractivity contribution < 1.29 is 13.5 Å². The maximum atomic E-state index is 13.6. The summed E-state index contributed by atoms with van der Waals surface area (Å²) in [5, 5.41) is 0. The number of hydrogen-bond donors (Lipinski definition) is 1. The topological polar surface area (TPSA) is 55.0 Å². The zero-order valence-corrected chi connectivity index (χ0v) is 9.54. The molecule has 0 bridgehead atoms. The minimum Gasteiger partial charge on any atom is -0.377 e. The monoisotopic (exact) mass is 252 g/mol. The first kappa shape index (κ1) is 12.4. The highest BCUT2D eigenvalue weighted by Gasteiger charge is 2.09. The second-order valence-electron chi connectivity index (χ2n) is 3.63. The lowest BCUT2D eigenvalue weighted by molar-refractivity contribution is 0.177. The summed E-state index contributed by atoms with van der Waals surface area (Å²) >= 11 is 0. The van der Waals surface area contributed by atoms with Crippen LogP contribution in [-0.4, -0.2) is 17.1 Å². The van der Waals surface area contributed by atoms with E-state index in [2.05, 4.69) is 9.97 Å². The van der Waals surface area contributed by atoms with Crippen LogP contribution in [0, 0.1) is 11.6 Å². The van der Waals surface area contributed by atoms with Crippen LogP contribution >= 0.6 is 0 Å². The van der Waals surface area contributed by atoms with Crippen molar-refractivity contribution in [1.29, 1.82) is 0 Å². The molecule has 0 aliphatic carbocycles. The van der Waals surface area contributed by atoms with Crippen molar-refractivity contribution in [3.63, 3.8) is 0 Å². The number of halogens is 2. The van der Waals surface area contributed by atoms with Gasteiger partial charge in [-0.3, -0.25) is 4.79 Å². The number of nitrogens with one attached hydrogen (secondary N) is 1. The van der Waals surface area contributed by atoms with Crippen LogP contribution in [0.1, 0.15) is 5.82 Å². The molecule has 2 aromatic rings. The van der Waals surface area contributed by atoms with Crippen LogP contribution in [0.2, 0.25) is 0 Å². The number of ether oxygens (including phenoxy) is 1. The van der Waals surface area contributed by atoms with Crippen LogP contribution in [0.5, 0.6) is 0 Å². The summed E-state index contributed by atoms with van der Waals surface area (Å²) in [5.41, 5.74) is -0.209. The third kappa shape index (κ3) is 2.60. The van der Waals surface area contributed by atoms with Crippen molar-refractivity contribution in [2.45, 2.75) is 6.61 Å². The smallest absolute Gasteiger partial charge is 0.251 e. The minimum absolute atomic E-state index is 0.0693. The molecule has 0 fully saturated rings. The molecule has 4 nitrogen and oxygen atoms in total. The van der Waals surface area contributed by atoms with E-state index in [-0.39, 0.29) is 23.7 Å². The first-order valence-corrected chi connectivity index (χ1v) is 5.15. The van der Waals surface area contributed by atoms with Crippen molar-refractivity contribution in [2.75, 3.05) is 7.11 Å². The van der Waals surface area contributed by atoms with Gasteiger partial charge < -0.3 is 9.72 Å². The summed E-state index contributed by atoms with van der Waals surface area (Å²) in [4.78, 5) is 17.9. The summed E-state index contributed by atoms with van der Waals surface area (Å²) in [6, 6.07) is 4.24. The highest BCUT2D eigenvalue weighted by atomic mass is 19.1. The fourth-order valence-electron chi connectivity index (χ4n) is 1.55. The van der Waals surface area contributed by atoms with E-state index < -0.39 is 17.2 Å². The molecular formula is C12H10F2N2O2. The molecular weight excluding hydrogens is 242 g/mol. The Morgan fingerprint density at radius 1 is 1.33 bits per heavy atom. The molecule has 1 N–H and O–H groups in total. The molecule has 0 radical (unpaired) electrons. The number of aromatic nitrogens is 2. The van der Waals surface area contributed by atoms with Gasteiger partial charge in [0.2, 0.25) is 0 Å². The molecule has 0 unspecified atom stereocenters. The molecule has 0 spiro atoms. The Morgan fingerprint density at radius 3 is 2.78 bits per heavy atom. The van der Waals surface area contributed by atoms with Gasteiger partial charge in [-0.25, -0.2) is 13.8 Å². The Balaban J connectivity index is 2.53. The van der Waals surface area contributed by atoms with Gasteiger partial charge >= 0.3 is 0 Å². The molecule has 0 aliphatic rings. The molecule has 0 amide bonds. The quantitative estimate of drug-likeness (QED) is 0.907. The standard InChI is InChI=1S/C12H10F2N2O2/c1-18-6-11-15-10(5-12(17)16-11)8-3-2-7(13)4-9(8)14/h2-5H,6H2,1H3,(H,15,16,17). The maximum Gasteiger partial charge on any atom is 0.251 e. The first-order chi connectivity index (χ1) is 8.60. The third-order valence-electron chi connectivity index (χ3n) is 2.28. The predicted molar refractivity (Wildman–Crippen MR) is 60.9 cm³/mol. The van der Waals surface area contributed by atoms with Crippen LogP contribution in [-0.2, 0) is 11.3 Å². The third-order valence-corrected chi connectivity index (χ3v) is 2.28. The van der Waals surface area contributed by atoms with Gasteiger partial charge in [-0.2, -0.15) is 0 Å². The zero-order chi connectivity index (χ0) is 13.1. The van der Waals surface area contributed by atoms with Crippen molar-refractivity contribution >= 4 is 0 Å². The van der Waals surface area contributed by atoms with Crippen LogP contribution in [0.4, 0.5) is 8.78 Å². The lowest BCUT2D eigenvalue weighted by atomic mass is 10.1. The average Bonchev–Trinajstić information content (AvgIpc) is 2.28. The molecule has 1 aromatic carbocycles. The lowest BCUT2D eigenvalue weighted by Gasteiger charge is -2.05. The van der Waals surface area contributed by atoms with Crippen molar-refractivity contribution in [1.82, 2.24) is 9.97 Å². The Labute approximate surface area is 101 Å². The second kappa shape index (κ2) is 5.05. The lowest BCUT2D eigenvalue weighted by Crippen LogP contribution is -2.12. The van der Waals surface area contributed by atoms with Gasteiger partial charge in [-0.05, 0) is 12.1 Å². The fourth-order valence-corrected chi connectivity index (χ4v) is 1.55. The van der Waals surface area contributed by atoms with E-state index in [4.69, 9.17) is 4.74 Å². The van der Waals surface area contributed by atoms with Gasteiger partial charge in [0.1, 0.15) is 24.1 Å². The molecule has 18 heavy (non-hydrogen) atoms. The average molecular weight is 252 g/mol. The largest absolute Gasteiger partial charge is 0.377 e. The number of nitrogens with zero attached hydrogens (tertiary/aromatic N) is 1. The predicted octanol–water partition coefficient (Wildman–Crippen LogP) is 1.86. The van der Waals surface area contributed by atoms with E-state index in [1.54, 1.807) is 0 Å². The van der Waals surface area contributed by atoms with Crippen LogP contribution in [0.15, 0.2) is 29.1 Å². The summed E-state index contributed by atoms with van der Waals surface area (Å²) in [7, 11) is 1.45. The normalized spacial score (nSPS) is 10.6. The van der Waals surface area contributed by atoms with E-state index in [0.29, 0.717) is 0 Å². The van der Waals surface area contributed by atoms with E-state index in [0.717, 1.165) is 18.2 Å². The minimum atomic E-state index is -0.767. The summed E-state index contributed by atoms with van der Waals surface area (Å²) < 4.78 is 31.2. The van der Waals surface area contributed by atoms with E-state index in [1.165, 1.54) is 13.2 Å². The molecule has 94 valence electrons. The first-order valence-electron chi connectivity index (χ1n) is 5.15. The summed E-state index contributed by atoms with van der Waals surface area (Å²) in [6.07, 6.45) is 0. The molecule has 0 saturated carbocycles. The SMILES string of the molecule is COCc1nc(-c2ccc(F)cc2F)cc(=O)[nH]1. The van der Waals surface area contributed by atoms with Gasteiger partial charge in [0.05, 0.1) is 5.69 Å². The van der Waals surface area contributed by atoms with E-state index >= 15 is 0 Å². The molecule has 6 heteroatoms. The van der Waals surface area contributed by atoms with Crippen molar-refractivity contribution in [3.8, 4) is 11.3 Å². The number of H-pyrrole nitrogens is 1. The van der Waals surface area contributed by atoms with Gasteiger partial charge in [0, 0.05) is 24.8 Å². The summed E-state index contributed by atoms with van der Waals surface area (Å²) in [5.74, 6) is -1.17. The maximum absolute atomic E-state index is 13.6. The van der Waals surface area contributed by atoms with Crippen LogP contribution in [0.3, 0.4) is 0 Å².